The van der Waals surface area contributed by atoms with Gasteiger partial charge in [-0.1, -0.05) is 55.3 Å². The normalized spacial score (nSPS) is 19.0. The molecule has 0 spiro atoms. The van der Waals surface area contributed by atoms with E-state index in [4.69, 9.17) is 4.99 Å². The van der Waals surface area contributed by atoms with Crippen LogP contribution in [-0.2, 0) is 11.3 Å². The molecule has 7 nitrogen and oxygen atoms in total. The Balaban J connectivity index is 1.45. The van der Waals surface area contributed by atoms with Gasteiger partial charge in [-0.15, -0.1) is 0 Å². The van der Waals surface area contributed by atoms with Gasteiger partial charge >= 0.3 is 5.97 Å². The van der Waals surface area contributed by atoms with Gasteiger partial charge in [-0.3, -0.25) is 24.0 Å². The Bertz CT molecular complexity index is 1490. The Morgan fingerprint density at radius 1 is 1.08 bits per heavy atom. The fourth-order valence-corrected chi connectivity index (χ4v) is 5.04. The molecule has 7 heteroatoms. The zero-order chi connectivity index (χ0) is 26.1. The van der Waals surface area contributed by atoms with Crippen molar-refractivity contribution in [2.75, 3.05) is 0 Å². The quantitative estimate of drug-likeness (QED) is 0.471. The summed E-state index contributed by atoms with van der Waals surface area (Å²) in [7, 11) is 0. The zero-order valence-electron chi connectivity index (χ0n) is 20.9. The fraction of sp³-hybridized carbons (Fsp3) is 0.267. The number of carboxylic acid groups (broad SMARTS) is 1. The topological polar surface area (TPSA) is 92.0 Å². The highest BCUT2D eigenvalue weighted by Crippen LogP contribution is 2.29. The van der Waals surface area contributed by atoms with Crippen molar-refractivity contribution in [2.45, 2.75) is 45.7 Å². The highest BCUT2D eigenvalue weighted by molar-refractivity contribution is 6.08. The predicted molar refractivity (Wildman–Crippen MR) is 143 cm³/mol. The standard InChI is InChI=1S/C30H29N3O4/c1-3-4-9-27-31-25-12-10-19(2)16-24(25)29(35)33(27)18-20-11-13-26-21(17-20)14-15-32(26)28(34)22-7-5-6-8-23(22)30(36)37/h5-8,10-17,24-25H,3-4,9,18H2,1-2H3,(H,36,37). The number of benzene rings is 2. The molecule has 37 heavy (non-hydrogen) atoms. The second kappa shape index (κ2) is 10.0. The molecule has 2 heterocycles. The first-order valence-electron chi connectivity index (χ1n) is 12.6. The number of allylic oxidation sites excluding steroid dienone is 2. The van der Waals surface area contributed by atoms with Gasteiger partial charge in [0.15, 0.2) is 0 Å². The molecular weight excluding hydrogens is 466 g/mol. The van der Waals surface area contributed by atoms with Gasteiger partial charge in [0.05, 0.1) is 35.1 Å². The number of aromatic carboxylic acids is 1. The number of nitrogens with zero attached hydrogens (tertiary/aromatic N) is 3. The Hall–Kier alpha value is -4.26. The summed E-state index contributed by atoms with van der Waals surface area (Å²) in [5.41, 5.74) is 2.78. The Kier molecular flexibility index (Phi) is 6.61. The largest absolute Gasteiger partial charge is 0.478 e. The van der Waals surface area contributed by atoms with Crippen LogP contribution in [0, 0.1) is 5.92 Å². The van der Waals surface area contributed by atoms with Crippen LogP contribution < -0.4 is 0 Å². The molecule has 2 atom stereocenters. The van der Waals surface area contributed by atoms with Crippen molar-refractivity contribution in [2.24, 2.45) is 10.9 Å². The first-order valence-corrected chi connectivity index (χ1v) is 12.6. The monoisotopic (exact) mass is 495 g/mol. The van der Waals surface area contributed by atoms with E-state index in [0.29, 0.717) is 12.1 Å². The number of carbonyl (C=O) groups is 3. The maximum Gasteiger partial charge on any atom is 0.336 e. The third kappa shape index (κ3) is 4.65. The van der Waals surface area contributed by atoms with Crippen molar-refractivity contribution in [1.82, 2.24) is 9.47 Å². The smallest absolute Gasteiger partial charge is 0.336 e. The summed E-state index contributed by atoms with van der Waals surface area (Å²) in [6.07, 6.45) is 10.4. The van der Waals surface area contributed by atoms with Crippen LogP contribution in [0.4, 0.5) is 0 Å². The van der Waals surface area contributed by atoms with Crippen LogP contribution in [0.3, 0.4) is 0 Å². The Morgan fingerprint density at radius 3 is 2.62 bits per heavy atom. The number of unbranched alkanes of at least 4 members (excludes halogenated alkanes) is 1. The molecule has 1 amide bonds. The number of carboxylic acids is 1. The van der Waals surface area contributed by atoms with Gasteiger partial charge in [-0.05, 0) is 49.2 Å². The van der Waals surface area contributed by atoms with Crippen molar-refractivity contribution in [3.8, 4) is 0 Å². The van der Waals surface area contributed by atoms with Crippen molar-refractivity contribution in [1.29, 1.82) is 0 Å². The minimum atomic E-state index is -1.14. The molecule has 1 aliphatic carbocycles. The van der Waals surface area contributed by atoms with Crippen molar-refractivity contribution in [3.63, 3.8) is 0 Å². The van der Waals surface area contributed by atoms with Gasteiger partial charge in [0.1, 0.15) is 5.84 Å². The molecule has 0 bridgehead atoms. The first-order chi connectivity index (χ1) is 17.9. The van der Waals surface area contributed by atoms with E-state index in [1.54, 1.807) is 18.3 Å². The van der Waals surface area contributed by atoms with E-state index in [0.717, 1.165) is 41.6 Å². The molecule has 1 aromatic heterocycles. The summed E-state index contributed by atoms with van der Waals surface area (Å²) in [6, 6.07) is 13.6. The number of hydrogen-bond donors (Lipinski definition) is 1. The lowest BCUT2D eigenvalue weighted by molar-refractivity contribution is -0.131. The van der Waals surface area contributed by atoms with Crippen molar-refractivity contribution in [3.05, 3.63) is 95.2 Å². The molecule has 188 valence electrons. The summed E-state index contributed by atoms with van der Waals surface area (Å²) < 4.78 is 1.47. The SMILES string of the molecule is CCCCC1=NC2C=CC(C)=CC2C(=O)N1Cc1ccc2c(ccn2C(=O)c2ccccc2C(=O)O)c1. The molecule has 2 aromatic carbocycles. The lowest BCUT2D eigenvalue weighted by atomic mass is 9.89. The molecular formula is C30H29N3O4. The van der Waals surface area contributed by atoms with E-state index >= 15 is 0 Å². The van der Waals surface area contributed by atoms with Crippen LogP contribution in [0.15, 0.2) is 83.5 Å². The van der Waals surface area contributed by atoms with Crippen LogP contribution in [0.5, 0.6) is 0 Å². The minimum Gasteiger partial charge on any atom is -0.478 e. The van der Waals surface area contributed by atoms with Crippen LogP contribution in [-0.4, -0.2) is 44.2 Å². The second-order valence-corrected chi connectivity index (χ2v) is 9.59. The van der Waals surface area contributed by atoms with Crippen molar-refractivity contribution >= 4 is 34.5 Å². The number of aliphatic imine (C=N–C) groups is 1. The van der Waals surface area contributed by atoms with E-state index in [1.807, 2.05) is 54.3 Å². The summed E-state index contributed by atoms with van der Waals surface area (Å²) >= 11 is 0. The average molecular weight is 496 g/mol. The predicted octanol–water partition coefficient (Wildman–Crippen LogP) is 5.46. The maximum absolute atomic E-state index is 13.6. The van der Waals surface area contributed by atoms with E-state index in [1.165, 1.54) is 16.7 Å². The molecule has 2 unspecified atom stereocenters. The first kappa shape index (κ1) is 24.4. The second-order valence-electron chi connectivity index (χ2n) is 9.59. The lowest BCUT2D eigenvalue weighted by Gasteiger charge is -2.36. The molecule has 1 N–H and O–H groups in total. The van der Waals surface area contributed by atoms with E-state index in [2.05, 4.69) is 6.92 Å². The number of fused-ring (bicyclic) bond motifs is 2. The van der Waals surface area contributed by atoms with Crippen LogP contribution in [0.2, 0.25) is 0 Å². The van der Waals surface area contributed by atoms with Crippen molar-refractivity contribution < 1.29 is 19.5 Å². The third-order valence-electron chi connectivity index (χ3n) is 6.98. The molecule has 1 aliphatic heterocycles. The minimum absolute atomic E-state index is 0.0337. The van der Waals surface area contributed by atoms with Gasteiger partial charge in [0, 0.05) is 18.0 Å². The molecule has 3 aromatic rings. The average Bonchev–Trinajstić information content (AvgIpc) is 3.32. The lowest BCUT2D eigenvalue weighted by Crippen LogP contribution is -2.48. The van der Waals surface area contributed by atoms with E-state index in [-0.39, 0.29) is 29.0 Å². The number of aromatic nitrogens is 1. The summed E-state index contributed by atoms with van der Waals surface area (Å²) in [4.78, 5) is 45.1. The van der Waals surface area contributed by atoms with E-state index in [9.17, 15) is 19.5 Å². The highest BCUT2D eigenvalue weighted by atomic mass is 16.4. The number of rotatable bonds is 7. The molecule has 0 fully saturated rings. The summed E-state index contributed by atoms with van der Waals surface area (Å²) in [5, 5.41) is 10.3. The third-order valence-corrected chi connectivity index (χ3v) is 6.98. The van der Waals surface area contributed by atoms with Gasteiger partial charge in [0.25, 0.3) is 5.91 Å². The summed E-state index contributed by atoms with van der Waals surface area (Å²) in [6.45, 7) is 4.52. The summed E-state index contributed by atoms with van der Waals surface area (Å²) in [5.74, 6) is -0.946. The Morgan fingerprint density at radius 2 is 1.86 bits per heavy atom. The number of carbonyl (C=O) groups excluding carboxylic acids is 2. The number of amidine groups is 1. The van der Waals surface area contributed by atoms with E-state index < -0.39 is 11.9 Å². The Labute approximate surface area is 215 Å². The molecule has 0 saturated heterocycles. The van der Waals surface area contributed by atoms with Crippen LogP contribution in [0.25, 0.3) is 10.9 Å². The van der Waals surface area contributed by atoms with Gasteiger partial charge < -0.3 is 5.11 Å². The zero-order valence-corrected chi connectivity index (χ0v) is 20.9. The molecule has 0 radical (unpaired) electrons. The van der Waals surface area contributed by atoms with Crippen LogP contribution in [0.1, 0.15) is 59.4 Å². The number of hydrogen-bond acceptors (Lipinski definition) is 4. The molecule has 2 aliphatic rings. The number of amides is 1. The maximum atomic E-state index is 13.6. The fourth-order valence-electron chi connectivity index (χ4n) is 5.04. The van der Waals surface area contributed by atoms with Crippen LogP contribution >= 0.6 is 0 Å². The highest BCUT2D eigenvalue weighted by Gasteiger charge is 2.37. The van der Waals surface area contributed by atoms with Gasteiger partial charge in [0.2, 0.25) is 5.91 Å². The molecule has 5 rings (SSSR count). The van der Waals surface area contributed by atoms with Gasteiger partial charge in [-0.25, -0.2) is 4.79 Å². The molecule has 0 saturated carbocycles. The van der Waals surface area contributed by atoms with Gasteiger partial charge in [-0.2, -0.15) is 0 Å².